The van der Waals surface area contributed by atoms with Gasteiger partial charge < -0.3 is 21.7 Å². The summed E-state index contributed by atoms with van der Waals surface area (Å²) in [5.41, 5.74) is 9.83. The molecule has 0 spiro atoms. The Kier molecular flexibility index (Phi) is 7.39. The minimum Gasteiger partial charge on any atom is -0.370 e. The number of para-hydroxylation sites is 1. The number of nitrogens with one attached hydrogen (secondary N) is 3. The van der Waals surface area contributed by atoms with Gasteiger partial charge in [0.25, 0.3) is 5.91 Å². The molecule has 4 rings (SSSR count). The van der Waals surface area contributed by atoms with Crippen LogP contribution in [0.5, 0.6) is 0 Å². The lowest BCUT2D eigenvalue weighted by Gasteiger charge is -2.28. The number of anilines is 4. The lowest BCUT2D eigenvalue weighted by Crippen LogP contribution is -2.33. The van der Waals surface area contributed by atoms with Crippen molar-refractivity contribution in [1.29, 1.82) is 0 Å². The molecule has 5 N–H and O–H groups in total. The zero-order valence-electron chi connectivity index (χ0n) is 18.8. The van der Waals surface area contributed by atoms with E-state index >= 15 is 0 Å². The SMILES string of the molecule is CNC(=O)c1ccccc1Nc1nc(Nc2ccc3c(c2)CCN(CCC(N)=O)C3)ncc1Br. The van der Waals surface area contributed by atoms with Gasteiger partial charge in [0.2, 0.25) is 11.9 Å². The first kappa shape index (κ1) is 23.7. The van der Waals surface area contributed by atoms with E-state index in [0.717, 1.165) is 25.2 Å². The van der Waals surface area contributed by atoms with E-state index in [1.165, 1.54) is 11.1 Å². The van der Waals surface area contributed by atoms with Gasteiger partial charge in [-0.3, -0.25) is 14.5 Å². The molecular weight excluding hydrogens is 498 g/mol. The largest absolute Gasteiger partial charge is 0.370 e. The lowest BCUT2D eigenvalue weighted by molar-refractivity contribution is -0.118. The highest BCUT2D eigenvalue weighted by Gasteiger charge is 2.17. The van der Waals surface area contributed by atoms with Gasteiger partial charge in [-0.2, -0.15) is 4.98 Å². The Morgan fingerprint density at radius 3 is 2.76 bits per heavy atom. The predicted octanol–water partition coefficient (Wildman–Crippen LogP) is 3.32. The minimum atomic E-state index is -0.272. The highest BCUT2D eigenvalue weighted by atomic mass is 79.9. The molecule has 3 aromatic rings. The molecule has 0 aliphatic carbocycles. The van der Waals surface area contributed by atoms with Crippen LogP contribution in [-0.4, -0.2) is 46.8 Å². The minimum absolute atomic E-state index is 0.186. The number of primary amides is 1. The van der Waals surface area contributed by atoms with Crippen molar-refractivity contribution in [3.8, 4) is 0 Å². The van der Waals surface area contributed by atoms with E-state index in [1.807, 2.05) is 24.3 Å². The third kappa shape index (κ3) is 5.70. The fraction of sp³-hybridized carbons (Fsp3) is 0.250. The number of fused-ring (bicyclic) bond motifs is 1. The van der Waals surface area contributed by atoms with Gasteiger partial charge in [0.15, 0.2) is 0 Å². The number of hydrogen-bond donors (Lipinski definition) is 4. The first-order valence-electron chi connectivity index (χ1n) is 10.9. The number of aromatic nitrogens is 2. The van der Waals surface area contributed by atoms with Crippen LogP contribution in [0.25, 0.3) is 0 Å². The highest BCUT2D eigenvalue weighted by molar-refractivity contribution is 9.10. The molecule has 1 aliphatic heterocycles. The van der Waals surface area contributed by atoms with E-state index in [4.69, 9.17) is 5.73 Å². The molecule has 1 aliphatic rings. The first-order valence-corrected chi connectivity index (χ1v) is 11.7. The Morgan fingerprint density at radius 1 is 1.15 bits per heavy atom. The Hall–Kier alpha value is -3.50. The van der Waals surface area contributed by atoms with Crippen molar-refractivity contribution in [2.24, 2.45) is 5.73 Å². The maximum absolute atomic E-state index is 12.2. The van der Waals surface area contributed by atoms with Crippen LogP contribution in [-0.2, 0) is 17.8 Å². The summed E-state index contributed by atoms with van der Waals surface area (Å²) in [6.45, 7) is 2.37. The smallest absolute Gasteiger partial charge is 0.253 e. The van der Waals surface area contributed by atoms with Crippen molar-refractivity contribution in [1.82, 2.24) is 20.2 Å². The van der Waals surface area contributed by atoms with E-state index < -0.39 is 0 Å². The molecule has 1 aromatic heterocycles. The summed E-state index contributed by atoms with van der Waals surface area (Å²) in [5, 5.41) is 9.14. The molecule has 2 aromatic carbocycles. The molecule has 0 atom stereocenters. The number of carbonyl (C=O) groups is 2. The molecule has 34 heavy (non-hydrogen) atoms. The number of hydrogen-bond acceptors (Lipinski definition) is 7. The van der Waals surface area contributed by atoms with Gasteiger partial charge >= 0.3 is 0 Å². The van der Waals surface area contributed by atoms with Gasteiger partial charge in [0.1, 0.15) is 5.82 Å². The Morgan fingerprint density at radius 2 is 1.97 bits per heavy atom. The van der Waals surface area contributed by atoms with Gasteiger partial charge in [0, 0.05) is 45.0 Å². The van der Waals surface area contributed by atoms with E-state index in [9.17, 15) is 9.59 Å². The summed E-state index contributed by atoms with van der Waals surface area (Å²) in [7, 11) is 1.60. The number of nitrogens with two attached hydrogens (primary N) is 1. The van der Waals surface area contributed by atoms with Crippen LogP contribution in [0, 0.1) is 0 Å². The fourth-order valence-corrected chi connectivity index (χ4v) is 4.13. The van der Waals surface area contributed by atoms with E-state index in [1.54, 1.807) is 19.3 Å². The predicted molar refractivity (Wildman–Crippen MR) is 135 cm³/mol. The molecule has 9 nitrogen and oxygen atoms in total. The molecule has 0 saturated heterocycles. The van der Waals surface area contributed by atoms with Crippen LogP contribution in [0.4, 0.5) is 23.1 Å². The zero-order chi connectivity index (χ0) is 24.1. The van der Waals surface area contributed by atoms with Gasteiger partial charge in [-0.25, -0.2) is 4.98 Å². The summed E-state index contributed by atoms with van der Waals surface area (Å²) in [4.78, 5) is 34.5. The van der Waals surface area contributed by atoms with Gasteiger partial charge in [0.05, 0.1) is 15.7 Å². The summed E-state index contributed by atoms with van der Waals surface area (Å²) < 4.78 is 0.672. The van der Waals surface area contributed by atoms with E-state index in [-0.39, 0.29) is 11.8 Å². The van der Waals surface area contributed by atoms with Gasteiger partial charge in [-0.1, -0.05) is 18.2 Å². The lowest BCUT2D eigenvalue weighted by atomic mass is 9.99. The highest BCUT2D eigenvalue weighted by Crippen LogP contribution is 2.28. The molecule has 2 amide bonds. The Labute approximate surface area is 206 Å². The van der Waals surface area contributed by atoms with Crippen LogP contribution in [0.3, 0.4) is 0 Å². The normalized spacial score (nSPS) is 13.1. The number of halogens is 1. The third-order valence-electron chi connectivity index (χ3n) is 5.62. The summed E-state index contributed by atoms with van der Waals surface area (Å²) in [6, 6.07) is 13.4. The third-order valence-corrected chi connectivity index (χ3v) is 6.20. The van der Waals surface area contributed by atoms with Crippen LogP contribution in [0.2, 0.25) is 0 Å². The van der Waals surface area contributed by atoms with Crippen molar-refractivity contribution in [3.63, 3.8) is 0 Å². The molecule has 0 fully saturated rings. The molecule has 0 saturated carbocycles. The van der Waals surface area contributed by atoms with Crippen LogP contribution in [0.1, 0.15) is 27.9 Å². The molecule has 2 heterocycles. The topological polar surface area (TPSA) is 125 Å². The van der Waals surface area contributed by atoms with Crippen LogP contribution >= 0.6 is 15.9 Å². The van der Waals surface area contributed by atoms with Crippen molar-refractivity contribution in [2.45, 2.75) is 19.4 Å². The average Bonchev–Trinajstić information content (AvgIpc) is 2.84. The summed E-state index contributed by atoms with van der Waals surface area (Å²) >= 11 is 3.48. The van der Waals surface area contributed by atoms with E-state index in [0.29, 0.717) is 40.5 Å². The fourth-order valence-electron chi connectivity index (χ4n) is 3.84. The maximum atomic E-state index is 12.2. The molecule has 0 unspecified atom stereocenters. The molecule has 0 radical (unpaired) electrons. The zero-order valence-corrected chi connectivity index (χ0v) is 20.4. The van der Waals surface area contributed by atoms with Gasteiger partial charge in [-0.15, -0.1) is 0 Å². The second kappa shape index (κ2) is 10.6. The number of rotatable bonds is 8. The standard InChI is InChI=1S/C24H26BrN7O2/c1-27-23(34)18-4-2-3-5-20(18)30-22-19(25)13-28-24(31-22)29-17-7-6-16-14-32(11-9-21(26)33)10-8-15(16)12-17/h2-7,12-13H,8-11,14H2,1H3,(H2,26,33)(H,27,34)(H2,28,29,30,31). The number of amides is 2. The number of carbonyl (C=O) groups excluding carboxylic acids is 2. The summed E-state index contributed by atoms with van der Waals surface area (Å²) in [6.07, 6.45) is 2.93. The first-order chi connectivity index (χ1) is 16.4. The second-order valence-corrected chi connectivity index (χ2v) is 8.85. The molecule has 176 valence electrons. The monoisotopic (exact) mass is 523 g/mol. The van der Waals surface area contributed by atoms with Crippen molar-refractivity contribution < 1.29 is 9.59 Å². The van der Waals surface area contributed by atoms with Gasteiger partial charge in [-0.05, 0) is 57.7 Å². The Balaban J connectivity index is 1.48. The van der Waals surface area contributed by atoms with E-state index in [2.05, 4.69) is 58.9 Å². The average molecular weight is 524 g/mol. The molecule has 0 bridgehead atoms. The second-order valence-electron chi connectivity index (χ2n) is 7.99. The molecule has 10 heteroatoms. The quantitative estimate of drug-likeness (QED) is 0.356. The Bertz CT molecular complexity index is 1220. The molecular formula is C24H26BrN7O2. The number of benzene rings is 2. The van der Waals surface area contributed by atoms with Crippen LogP contribution in [0.15, 0.2) is 53.1 Å². The van der Waals surface area contributed by atoms with Crippen LogP contribution < -0.4 is 21.7 Å². The van der Waals surface area contributed by atoms with Crippen molar-refractivity contribution in [2.75, 3.05) is 30.8 Å². The van der Waals surface area contributed by atoms with Crippen molar-refractivity contribution in [3.05, 3.63) is 69.8 Å². The maximum Gasteiger partial charge on any atom is 0.253 e. The number of nitrogens with zero attached hydrogens (tertiary/aromatic N) is 3. The summed E-state index contributed by atoms with van der Waals surface area (Å²) in [5.74, 6) is 0.513. The van der Waals surface area contributed by atoms with Crippen molar-refractivity contribution >= 4 is 50.9 Å².